The zero-order chi connectivity index (χ0) is 21.3. The smallest absolute Gasteiger partial charge is 0.243 e. The Morgan fingerprint density at radius 3 is 2.63 bits per heavy atom. The van der Waals surface area contributed by atoms with Crippen LogP contribution in [0.1, 0.15) is 23.7 Å². The van der Waals surface area contributed by atoms with E-state index in [-0.39, 0.29) is 17.3 Å². The van der Waals surface area contributed by atoms with Crippen molar-refractivity contribution in [3.8, 4) is 0 Å². The van der Waals surface area contributed by atoms with Gasteiger partial charge in [-0.15, -0.1) is 0 Å². The molecule has 1 aliphatic heterocycles. The van der Waals surface area contributed by atoms with E-state index in [2.05, 4.69) is 20.7 Å². The van der Waals surface area contributed by atoms with Gasteiger partial charge in [0.25, 0.3) is 0 Å². The quantitative estimate of drug-likeness (QED) is 0.576. The average Bonchev–Trinajstić information content (AvgIpc) is 3.33. The zero-order valence-electron chi connectivity index (χ0n) is 16.5. The number of nitrogens with zero attached hydrogens (tertiary/aromatic N) is 2. The number of fused-ring (bicyclic) bond motifs is 1. The van der Waals surface area contributed by atoms with E-state index >= 15 is 0 Å². The average molecular weight is 488 g/mol. The first kappa shape index (κ1) is 20.8. The van der Waals surface area contributed by atoms with Crippen molar-refractivity contribution in [2.45, 2.75) is 31.3 Å². The van der Waals surface area contributed by atoms with E-state index in [4.69, 9.17) is 0 Å². The van der Waals surface area contributed by atoms with Crippen LogP contribution < -0.4 is 9.62 Å². The van der Waals surface area contributed by atoms with Crippen LogP contribution in [-0.4, -0.2) is 25.4 Å². The molecular formula is C22H22BrN3O3S. The van der Waals surface area contributed by atoms with E-state index < -0.39 is 10.0 Å². The summed E-state index contributed by atoms with van der Waals surface area (Å²) in [5.74, 6) is -0.163. The van der Waals surface area contributed by atoms with Gasteiger partial charge in [0.2, 0.25) is 15.9 Å². The summed E-state index contributed by atoms with van der Waals surface area (Å²) in [4.78, 5) is 13.7. The van der Waals surface area contributed by atoms with Crippen LogP contribution in [0, 0.1) is 0 Å². The third kappa shape index (κ3) is 4.21. The van der Waals surface area contributed by atoms with E-state index in [1.54, 1.807) is 6.07 Å². The number of nitrogens with one attached hydrogen (secondary N) is 1. The Hall–Kier alpha value is -2.42. The second-order valence-corrected chi connectivity index (χ2v) is 9.92. The van der Waals surface area contributed by atoms with E-state index in [0.29, 0.717) is 29.7 Å². The third-order valence-corrected chi connectivity index (χ3v) is 7.10. The van der Waals surface area contributed by atoms with Crippen molar-refractivity contribution in [3.05, 3.63) is 82.1 Å². The van der Waals surface area contributed by atoms with Crippen molar-refractivity contribution in [1.82, 2.24) is 9.29 Å². The number of rotatable bonds is 6. The number of hydrogen-bond acceptors (Lipinski definition) is 3. The van der Waals surface area contributed by atoms with Gasteiger partial charge in [0.05, 0.1) is 12.2 Å². The number of aromatic nitrogens is 1. The Balaban J connectivity index is 1.59. The molecule has 0 saturated heterocycles. The van der Waals surface area contributed by atoms with Crippen LogP contribution in [0.15, 0.2) is 70.2 Å². The van der Waals surface area contributed by atoms with Gasteiger partial charge in [-0.3, -0.25) is 4.79 Å². The minimum Gasteiger partial charge on any atom is -0.346 e. The number of anilines is 1. The van der Waals surface area contributed by atoms with Crippen LogP contribution in [-0.2, 0) is 34.3 Å². The van der Waals surface area contributed by atoms with Crippen LogP contribution in [0.3, 0.4) is 0 Å². The number of benzene rings is 2. The molecule has 8 heteroatoms. The fourth-order valence-electron chi connectivity index (χ4n) is 3.78. The van der Waals surface area contributed by atoms with Gasteiger partial charge in [-0.05, 0) is 41.8 Å². The minimum absolute atomic E-state index is 0.126. The van der Waals surface area contributed by atoms with Crippen LogP contribution in [0.25, 0.3) is 0 Å². The maximum atomic E-state index is 13.2. The number of halogens is 1. The van der Waals surface area contributed by atoms with Gasteiger partial charge in [-0.1, -0.05) is 46.3 Å². The van der Waals surface area contributed by atoms with Gasteiger partial charge in [0, 0.05) is 36.4 Å². The maximum Gasteiger partial charge on any atom is 0.243 e. The molecule has 0 radical (unpaired) electrons. The highest BCUT2D eigenvalue weighted by Crippen LogP contribution is 2.37. The summed E-state index contributed by atoms with van der Waals surface area (Å²) < 4.78 is 31.8. The Kier molecular flexibility index (Phi) is 5.81. The van der Waals surface area contributed by atoms with Crippen LogP contribution in [0.5, 0.6) is 0 Å². The number of hydrogen-bond donors (Lipinski definition) is 1. The van der Waals surface area contributed by atoms with Crippen LogP contribution in [0.4, 0.5) is 5.69 Å². The van der Waals surface area contributed by atoms with Gasteiger partial charge < -0.3 is 9.47 Å². The number of sulfonamides is 1. The lowest BCUT2D eigenvalue weighted by Gasteiger charge is -2.19. The summed E-state index contributed by atoms with van der Waals surface area (Å²) in [5, 5.41) is 0. The van der Waals surface area contributed by atoms with Gasteiger partial charge in [-0.25, -0.2) is 13.1 Å². The molecule has 1 amide bonds. The van der Waals surface area contributed by atoms with Crippen molar-refractivity contribution < 1.29 is 13.2 Å². The van der Waals surface area contributed by atoms with Crippen LogP contribution in [0.2, 0.25) is 0 Å². The Labute approximate surface area is 184 Å². The third-order valence-electron chi connectivity index (χ3n) is 5.23. The fourth-order valence-corrected chi connectivity index (χ4v) is 5.71. The summed E-state index contributed by atoms with van der Waals surface area (Å²) in [5.41, 5.74) is 3.34. The van der Waals surface area contributed by atoms with Gasteiger partial charge in [0.15, 0.2) is 0 Å². The van der Waals surface area contributed by atoms with Crippen molar-refractivity contribution in [2.75, 3.05) is 11.4 Å². The van der Waals surface area contributed by atoms with Crippen LogP contribution >= 0.6 is 15.9 Å². The molecule has 30 heavy (non-hydrogen) atoms. The Morgan fingerprint density at radius 1 is 1.13 bits per heavy atom. The highest BCUT2D eigenvalue weighted by atomic mass is 79.9. The summed E-state index contributed by atoms with van der Waals surface area (Å²) >= 11 is 3.40. The first-order valence-corrected chi connectivity index (χ1v) is 11.9. The zero-order valence-corrected chi connectivity index (χ0v) is 18.9. The molecule has 2 heterocycles. The first-order valence-electron chi connectivity index (χ1n) is 9.63. The molecule has 0 atom stereocenters. The molecule has 6 nitrogen and oxygen atoms in total. The summed E-state index contributed by atoms with van der Waals surface area (Å²) in [6, 6.07) is 17.2. The molecule has 4 rings (SSSR count). The second kappa shape index (κ2) is 8.37. The highest BCUT2D eigenvalue weighted by molar-refractivity contribution is 9.10. The normalized spacial score (nSPS) is 13.5. The molecule has 0 bridgehead atoms. The molecule has 1 N–H and O–H groups in total. The Bertz CT molecular complexity index is 1190. The molecule has 0 spiro atoms. The topological polar surface area (TPSA) is 71.4 Å². The minimum atomic E-state index is -3.83. The lowest BCUT2D eigenvalue weighted by molar-refractivity contribution is -0.116. The largest absolute Gasteiger partial charge is 0.346 e. The maximum absolute atomic E-state index is 13.2. The molecule has 1 aromatic heterocycles. The fraction of sp³-hybridized carbons (Fsp3) is 0.227. The SMILES string of the molecule is CC(=O)N1CCc2cc(Br)cc(S(=O)(=O)NCc3cccn3Cc3ccccc3)c21. The first-order chi connectivity index (χ1) is 14.3. The number of carbonyl (C=O) groups is 1. The standard InChI is InChI=1S/C22H22BrN3O3S/c1-16(27)26-11-9-18-12-19(23)13-21(22(18)26)30(28,29)24-14-20-8-5-10-25(20)15-17-6-3-2-4-7-17/h2-8,10,12-13,24H,9,11,14-15H2,1H3. The molecule has 0 aliphatic carbocycles. The summed E-state index contributed by atoms with van der Waals surface area (Å²) in [6.07, 6.45) is 2.57. The van der Waals surface area contributed by atoms with Gasteiger partial charge in [0.1, 0.15) is 4.90 Å². The molecule has 3 aromatic rings. The molecule has 1 aliphatic rings. The highest BCUT2D eigenvalue weighted by Gasteiger charge is 2.31. The lowest BCUT2D eigenvalue weighted by atomic mass is 10.2. The van der Waals surface area contributed by atoms with E-state index in [1.165, 1.54) is 11.8 Å². The molecular weight excluding hydrogens is 466 g/mol. The van der Waals surface area contributed by atoms with E-state index in [1.807, 2.05) is 59.3 Å². The molecule has 0 unspecified atom stereocenters. The number of amides is 1. The predicted octanol–water partition coefficient (Wildman–Crippen LogP) is 3.69. The van der Waals surface area contributed by atoms with Crippen molar-refractivity contribution >= 4 is 37.5 Å². The van der Waals surface area contributed by atoms with Crippen molar-refractivity contribution in [2.24, 2.45) is 0 Å². The molecule has 0 fully saturated rings. The molecule has 156 valence electrons. The van der Waals surface area contributed by atoms with E-state index in [0.717, 1.165) is 16.8 Å². The second-order valence-electron chi connectivity index (χ2n) is 7.27. The summed E-state index contributed by atoms with van der Waals surface area (Å²) in [6.45, 7) is 2.76. The van der Waals surface area contributed by atoms with Gasteiger partial charge >= 0.3 is 0 Å². The molecule has 2 aromatic carbocycles. The monoisotopic (exact) mass is 487 g/mol. The number of carbonyl (C=O) groups excluding carboxylic acids is 1. The van der Waals surface area contributed by atoms with E-state index in [9.17, 15) is 13.2 Å². The van der Waals surface area contributed by atoms with Crippen molar-refractivity contribution in [3.63, 3.8) is 0 Å². The van der Waals surface area contributed by atoms with Crippen molar-refractivity contribution in [1.29, 1.82) is 0 Å². The molecule has 0 saturated carbocycles. The predicted molar refractivity (Wildman–Crippen MR) is 120 cm³/mol. The van der Waals surface area contributed by atoms with Gasteiger partial charge in [-0.2, -0.15) is 0 Å². The Morgan fingerprint density at radius 2 is 1.90 bits per heavy atom. The lowest BCUT2D eigenvalue weighted by Crippen LogP contribution is -2.30. The summed E-state index contributed by atoms with van der Waals surface area (Å²) in [7, 11) is -3.83.